The normalized spacial score (nSPS) is 10.7. The molecule has 0 saturated heterocycles. The van der Waals surface area contributed by atoms with E-state index in [0.717, 1.165) is 4.47 Å². The minimum atomic E-state index is -0.611. The Hall–Kier alpha value is -2.87. The molecule has 0 aromatic heterocycles. The van der Waals surface area contributed by atoms with E-state index in [4.69, 9.17) is 32.7 Å². The summed E-state index contributed by atoms with van der Waals surface area (Å²) >= 11 is 15.1. The van der Waals surface area contributed by atoms with Crippen LogP contribution in [0.4, 0.5) is 0 Å². The maximum Gasteiger partial charge on any atom is 0.343 e. The van der Waals surface area contributed by atoms with Crippen LogP contribution in [0.25, 0.3) is 0 Å². The van der Waals surface area contributed by atoms with E-state index in [1.165, 1.54) is 31.5 Å². The molecule has 0 spiro atoms. The van der Waals surface area contributed by atoms with Crippen LogP contribution in [0.1, 0.15) is 26.3 Å². The highest BCUT2D eigenvalue weighted by Crippen LogP contribution is 2.29. The van der Waals surface area contributed by atoms with Crippen LogP contribution in [0, 0.1) is 0 Å². The van der Waals surface area contributed by atoms with Crippen molar-refractivity contribution in [3.63, 3.8) is 0 Å². The van der Waals surface area contributed by atoms with Crippen molar-refractivity contribution in [3.05, 3.63) is 91.9 Å². The van der Waals surface area contributed by atoms with Gasteiger partial charge in [0, 0.05) is 10.0 Å². The number of carbonyl (C=O) groups excluding carboxylic acids is 2. The summed E-state index contributed by atoms with van der Waals surface area (Å²) in [6, 6.07) is 16.2. The number of hydrogen-bond acceptors (Lipinski definition) is 5. The van der Waals surface area contributed by atoms with Crippen LogP contribution in [-0.2, 0) is 0 Å². The summed E-state index contributed by atoms with van der Waals surface area (Å²) in [6.07, 6.45) is 1.45. The maximum atomic E-state index is 12.4. The van der Waals surface area contributed by atoms with Crippen LogP contribution in [0.2, 0.25) is 10.0 Å². The molecule has 0 saturated carbocycles. The predicted molar refractivity (Wildman–Crippen MR) is 124 cm³/mol. The molecule has 3 aromatic rings. The van der Waals surface area contributed by atoms with E-state index in [1.807, 2.05) is 0 Å². The van der Waals surface area contributed by atoms with Crippen LogP contribution < -0.4 is 14.9 Å². The summed E-state index contributed by atoms with van der Waals surface area (Å²) in [6.45, 7) is 0. The van der Waals surface area contributed by atoms with E-state index in [-0.39, 0.29) is 22.2 Å². The second-order valence-electron chi connectivity index (χ2n) is 6.13. The zero-order chi connectivity index (χ0) is 22.4. The molecule has 1 N–H and O–H groups in total. The number of nitrogens with zero attached hydrogens (tertiary/aromatic N) is 1. The fraction of sp³-hybridized carbons (Fsp3) is 0.0455. The molecule has 0 bridgehead atoms. The Balaban J connectivity index is 1.68. The van der Waals surface area contributed by atoms with Crippen molar-refractivity contribution in [2.75, 3.05) is 7.11 Å². The molecule has 31 heavy (non-hydrogen) atoms. The van der Waals surface area contributed by atoms with Gasteiger partial charge >= 0.3 is 5.97 Å². The Labute approximate surface area is 196 Å². The number of ether oxygens (including phenoxy) is 2. The molecular weight excluding hydrogens is 507 g/mol. The number of hydrogen-bond donors (Lipinski definition) is 1. The van der Waals surface area contributed by atoms with Crippen LogP contribution >= 0.6 is 39.1 Å². The molecule has 9 heteroatoms. The summed E-state index contributed by atoms with van der Waals surface area (Å²) in [4.78, 5) is 24.5. The highest BCUT2D eigenvalue weighted by molar-refractivity contribution is 9.10. The molecule has 158 valence electrons. The highest BCUT2D eigenvalue weighted by Gasteiger charge is 2.14. The summed E-state index contributed by atoms with van der Waals surface area (Å²) in [5, 5.41) is 4.53. The first-order chi connectivity index (χ1) is 14.9. The SMILES string of the molecule is COc1cc(/C=N\NC(=O)c2ccc(Br)cc2)ccc1OC(=O)c1ccc(Cl)c(Cl)c1. The van der Waals surface area contributed by atoms with E-state index in [1.54, 1.807) is 42.5 Å². The van der Waals surface area contributed by atoms with Gasteiger partial charge in [-0.1, -0.05) is 39.1 Å². The zero-order valence-corrected chi connectivity index (χ0v) is 19.2. The van der Waals surface area contributed by atoms with Crippen molar-refractivity contribution in [3.8, 4) is 11.5 Å². The lowest BCUT2D eigenvalue weighted by molar-refractivity contribution is 0.0729. The lowest BCUT2D eigenvalue weighted by Gasteiger charge is -2.10. The van der Waals surface area contributed by atoms with Crippen LogP contribution in [0.3, 0.4) is 0 Å². The minimum Gasteiger partial charge on any atom is -0.493 e. The van der Waals surface area contributed by atoms with E-state index < -0.39 is 5.97 Å². The van der Waals surface area contributed by atoms with Crippen molar-refractivity contribution in [2.24, 2.45) is 5.10 Å². The molecule has 1 amide bonds. The summed E-state index contributed by atoms with van der Waals surface area (Å²) < 4.78 is 11.6. The average molecular weight is 522 g/mol. The Morgan fingerprint density at radius 3 is 2.32 bits per heavy atom. The first kappa shape index (κ1) is 22.8. The van der Waals surface area contributed by atoms with Gasteiger partial charge in [0.25, 0.3) is 5.91 Å². The third-order valence-corrected chi connectivity index (χ3v) is 5.30. The topological polar surface area (TPSA) is 77.0 Å². The van der Waals surface area contributed by atoms with Gasteiger partial charge in [0.1, 0.15) is 0 Å². The molecular formula is C22H15BrCl2N2O4. The first-order valence-electron chi connectivity index (χ1n) is 8.81. The summed E-state index contributed by atoms with van der Waals surface area (Å²) in [5.41, 5.74) is 3.80. The zero-order valence-electron chi connectivity index (χ0n) is 16.1. The fourth-order valence-corrected chi connectivity index (χ4v) is 3.02. The van der Waals surface area contributed by atoms with Crippen LogP contribution in [0.15, 0.2) is 70.2 Å². The molecule has 0 aliphatic rings. The largest absolute Gasteiger partial charge is 0.493 e. The van der Waals surface area contributed by atoms with Gasteiger partial charge in [-0.25, -0.2) is 10.2 Å². The Morgan fingerprint density at radius 1 is 0.935 bits per heavy atom. The van der Waals surface area contributed by atoms with E-state index >= 15 is 0 Å². The van der Waals surface area contributed by atoms with Crippen molar-refractivity contribution < 1.29 is 19.1 Å². The average Bonchev–Trinajstić information content (AvgIpc) is 2.76. The molecule has 6 nitrogen and oxygen atoms in total. The molecule has 0 fully saturated rings. The number of amides is 1. The molecule has 3 rings (SSSR count). The fourth-order valence-electron chi connectivity index (χ4n) is 2.46. The summed E-state index contributed by atoms with van der Waals surface area (Å²) in [7, 11) is 1.45. The highest BCUT2D eigenvalue weighted by atomic mass is 79.9. The third-order valence-electron chi connectivity index (χ3n) is 4.03. The maximum absolute atomic E-state index is 12.4. The Bertz CT molecular complexity index is 1150. The van der Waals surface area contributed by atoms with Crippen molar-refractivity contribution in [1.82, 2.24) is 5.43 Å². The Morgan fingerprint density at radius 2 is 1.65 bits per heavy atom. The van der Waals surface area contributed by atoms with E-state index in [2.05, 4.69) is 26.5 Å². The van der Waals surface area contributed by atoms with Crippen molar-refractivity contribution >= 4 is 57.2 Å². The molecule has 0 aliphatic carbocycles. The third kappa shape index (κ3) is 6.07. The van der Waals surface area contributed by atoms with Gasteiger partial charge in [0.2, 0.25) is 0 Å². The number of carbonyl (C=O) groups is 2. The van der Waals surface area contributed by atoms with Crippen molar-refractivity contribution in [2.45, 2.75) is 0 Å². The molecule has 0 radical (unpaired) electrons. The second kappa shape index (κ2) is 10.4. The monoisotopic (exact) mass is 520 g/mol. The predicted octanol–water partition coefficient (Wildman–Crippen LogP) is 5.75. The minimum absolute atomic E-state index is 0.217. The number of nitrogens with one attached hydrogen (secondary N) is 1. The molecule has 0 aliphatic heterocycles. The Kier molecular flexibility index (Phi) is 7.68. The van der Waals surface area contributed by atoms with E-state index in [9.17, 15) is 9.59 Å². The van der Waals surface area contributed by atoms with E-state index in [0.29, 0.717) is 21.9 Å². The standard InChI is InChI=1S/C22H15BrCl2N2O4/c1-30-20-10-13(12-26-27-21(28)14-3-6-16(23)7-4-14)2-9-19(20)31-22(29)15-5-8-17(24)18(25)11-15/h2-12H,1H3,(H,27,28)/b26-12-. The number of esters is 1. The number of rotatable bonds is 6. The lowest BCUT2D eigenvalue weighted by Crippen LogP contribution is -2.17. The van der Waals surface area contributed by atoms with Gasteiger partial charge in [-0.3, -0.25) is 4.79 Å². The quantitative estimate of drug-likeness (QED) is 0.194. The summed E-state index contributed by atoms with van der Waals surface area (Å²) in [5.74, 6) is -0.422. The van der Waals surface area contributed by atoms with Gasteiger partial charge in [-0.05, 0) is 66.2 Å². The van der Waals surface area contributed by atoms with Gasteiger partial charge in [-0.2, -0.15) is 5.10 Å². The molecule has 0 unspecified atom stereocenters. The number of benzene rings is 3. The molecule has 0 atom stereocenters. The lowest BCUT2D eigenvalue weighted by atomic mass is 10.2. The number of halogens is 3. The second-order valence-corrected chi connectivity index (χ2v) is 7.86. The van der Waals surface area contributed by atoms with Crippen LogP contribution in [0.5, 0.6) is 11.5 Å². The molecule has 3 aromatic carbocycles. The van der Waals surface area contributed by atoms with Gasteiger partial charge in [0.05, 0.1) is 28.9 Å². The number of methoxy groups -OCH3 is 1. The smallest absolute Gasteiger partial charge is 0.343 e. The van der Waals surface area contributed by atoms with Gasteiger partial charge < -0.3 is 9.47 Å². The van der Waals surface area contributed by atoms with Crippen molar-refractivity contribution in [1.29, 1.82) is 0 Å². The van der Waals surface area contributed by atoms with Gasteiger partial charge in [0.15, 0.2) is 11.5 Å². The first-order valence-corrected chi connectivity index (χ1v) is 10.4. The molecule has 0 heterocycles. The van der Waals surface area contributed by atoms with Crippen LogP contribution in [-0.4, -0.2) is 25.2 Å². The van der Waals surface area contributed by atoms with Gasteiger partial charge in [-0.15, -0.1) is 0 Å². The number of hydrazone groups is 1.